The average Bonchev–Trinajstić information content (AvgIpc) is 3.22. The van der Waals surface area contributed by atoms with Crippen molar-refractivity contribution >= 4 is 28.8 Å². The van der Waals surface area contributed by atoms with Gasteiger partial charge in [-0.2, -0.15) is 5.10 Å². The summed E-state index contributed by atoms with van der Waals surface area (Å²) in [6.07, 6.45) is 3.24. The van der Waals surface area contributed by atoms with Crippen LogP contribution in [0.3, 0.4) is 0 Å². The molecule has 0 aliphatic carbocycles. The predicted molar refractivity (Wildman–Crippen MR) is 94.6 cm³/mol. The van der Waals surface area contributed by atoms with Crippen LogP contribution in [0.25, 0.3) is 0 Å². The fourth-order valence-corrected chi connectivity index (χ4v) is 3.09. The van der Waals surface area contributed by atoms with Crippen molar-refractivity contribution in [2.45, 2.75) is 13.2 Å². The third kappa shape index (κ3) is 5.04. The first-order chi connectivity index (χ1) is 12.1. The molecule has 0 fully saturated rings. The minimum atomic E-state index is -0.346. The Labute approximate surface area is 153 Å². The first kappa shape index (κ1) is 17.4. The molecule has 0 atom stereocenters. The highest BCUT2D eigenvalue weighted by atomic mass is 35.5. The van der Waals surface area contributed by atoms with E-state index in [1.807, 2.05) is 5.38 Å². The Morgan fingerprint density at radius 2 is 2.28 bits per heavy atom. The number of carbonyl (C=O) groups is 1. The summed E-state index contributed by atoms with van der Waals surface area (Å²) in [4.78, 5) is 12.7. The summed E-state index contributed by atoms with van der Waals surface area (Å²) in [7, 11) is 0. The summed E-state index contributed by atoms with van der Waals surface area (Å²) in [6, 6.07) is 7.72. The zero-order valence-electron chi connectivity index (χ0n) is 13.1. The van der Waals surface area contributed by atoms with Gasteiger partial charge < -0.3 is 10.1 Å². The van der Waals surface area contributed by atoms with E-state index < -0.39 is 0 Å². The van der Waals surface area contributed by atoms with Crippen LogP contribution in [0.4, 0.5) is 4.39 Å². The summed E-state index contributed by atoms with van der Waals surface area (Å²) in [6.45, 7) is 1.27. The van der Waals surface area contributed by atoms with Crippen molar-refractivity contribution in [1.29, 1.82) is 0 Å². The van der Waals surface area contributed by atoms with E-state index in [-0.39, 0.29) is 18.3 Å². The second-order valence-corrected chi connectivity index (χ2v) is 6.59. The number of carbonyl (C=O) groups excluding carboxylic acids is 1. The van der Waals surface area contributed by atoms with Gasteiger partial charge in [0.25, 0.3) is 5.91 Å². The van der Waals surface area contributed by atoms with Crippen LogP contribution in [0.1, 0.15) is 15.2 Å². The highest BCUT2D eigenvalue weighted by Crippen LogP contribution is 2.18. The maximum absolute atomic E-state index is 13.1. The smallest absolute Gasteiger partial charge is 0.261 e. The number of halogens is 2. The molecule has 2 heterocycles. The summed E-state index contributed by atoms with van der Waals surface area (Å²) in [5, 5.41) is 9.28. The van der Waals surface area contributed by atoms with Gasteiger partial charge in [-0.05, 0) is 23.6 Å². The lowest BCUT2D eigenvalue weighted by Crippen LogP contribution is -2.26. The van der Waals surface area contributed by atoms with Crippen molar-refractivity contribution in [3.63, 3.8) is 0 Å². The van der Waals surface area contributed by atoms with Gasteiger partial charge in [-0.1, -0.05) is 17.7 Å². The molecule has 130 valence electrons. The molecule has 0 spiro atoms. The van der Waals surface area contributed by atoms with E-state index in [2.05, 4.69) is 10.4 Å². The highest BCUT2D eigenvalue weighted by Gasteiger charge is 2.09. The quantitative estimate of drug-likeness (QED) is 0.680. The van der Waals surface area contributed by atoms with Crippen LogP contribution in [0, 0.1) is 5.82 Å². The third-order valence-electron chi connectivity index (χ3n) is 3.31. The number of amides is 1. The molecule has 1 amide bonds. The van der Waals surface area contributed by atoms with Crippen molar-refractivity contribution in [1.82, 2.24) is 15.1 Å². The third-order valence-corrected chi connectivity index (χ3v) is 4.48. The fraction of sp³-hybridized carbons (Fsp3) is 0.176. The van der Waals surface area contributed by atoms with Gasteiger partial charge in [0.15, 0.2) is 0 Å². The first-order valence-corrected chi connectivity index (χ1v) is 8.78. The second kappa shape index (κ2) is 8.13. The molecule has 0 bridgehead atoms. The summed E-state index contributed by atoms with van der Waals surface area (Å²) >= 11 is 7.12. The standard InChI is InChI=1S/C17H15ClFN3O2S/c18-13-8-21-22(9-13)5-4-20-17(23)16-6-12(11-25-16)10-24-15-3-1-2-14(19)7-15/h1-3,6-9,11H,4-5,10H2,(H,20,23). The van der Waals surface area contributed by atoms with Crippen LogP contribution in [0.15, 0.2) is 48.1 Å². The van der Waals surface area contributed by atoms with Crippen LogP contribution in [-0.4, -0.2) is 22.2 Å². The van der Waals surface area contributed by atoms with Gasteiger partial charge in [-0.25, -0.2) is 4.39 Å². The monoisotopic (exact) mass is 379 g/mol. The topological polar surface area (TPSA) is 56.2 Å². The van der Waals surface area contributed by atoms with E-state index >= 15 is 0 Å². The molecule has 25 heavy (non-hydrogen) atoms. The molecule has 2 aromatic heterocycles. The van der Waals surface area contributed by atoms with Gasteiger partial charge in [-0.15, -0.1) is 11.3 Å². The molecule has 0 aliphatic heterocycles. The Hall–Kier alpha value is -2.38. The number of ether oxygens (including phenoxy) is 1. The Morgan fingerprint density at radius 3 is 3.04 bits per heavy atom. The highest BCUT2D eigenvalue weighted by molar-refractivity contribution is 7.12. The minimum Gasteiger partial charge on any atom is -0.489 e. The number of hydrogen-bond acceptors (Lipinski definition) is 4. The Kier molecular flexibility index (Phi) is 5.67. The minimum absolute atomic E-state index is 0.153. The molecular formula is C17H15ClFN3O2S. The van der Waals surface area contributed by atoms with Crippen molar-refractivity contribution in [2.75, 3.05) is 6.54 Å². The zero-order valence-corrected chi connectivity index (χ0v) is 14.7. The predicted octanol–water partition coefficient (Wildman–Crippen LogP) is 3.75. The summed E-state index contributed by atoms with van der Waals surface area (Å²) < 4.78 is 20.3. The molecular weight excluding hydrogens is 365 g/mol. The van der Waals surface area contributed by atoms with Crippen LogP contribution in [0.2, 0.25) is 5.02 Å². The molecule has 3 aromatic rings. The lowest BCUT2D eigenvalue weighted by atomic mass is 10.3. The van der Waals surface area contributed by atoms with Crippen LogP contribution >= 0.6 is 22.9 Å². The van der Waals surface area contributed by atoms with E-state index in [9.17, 15) is 9.18 Å². The van der Waals surface area contributed by atoms with Crippen molar-refractivity contribution < 1.29 is 13.9 Å². The molecule has 0 radical (unpaired) electrons. The van der Waals surface area contributed by atoms with Gasteiger partial charge >= 0.3 is 0 Å². The van der Waals surface area contributed by atoms with Crippen molar-refractivity contribution in [3.8, 4) is 5.75 Å². The van der Waals surface area contributed by atoms with Crippen LogP contribution in [0.5, 0.6) is 5.75 Å². The van der Waals surface area contributed by atoms with Gasteiger partial charge in [0.05, 0.1) is 22.6 Å². The number of hydrogen-bond donors (Lipinski definition) is 1. The number of aromatic nitrogens is 2. The molecule has 1 aromatic carbocycles. The molecule has 0 saturated heterocycles. The lowest BCUT2D eigenvalue weighted by Gasteiger charge is -2.04. The van der Waals surface area contributed by atoms with Crippen LogP contribution in [-0.2, 0) is 13.2 Å². The maximum atomic E-state index is 13.1. The molecule has 8 heteroatoms. The number of thiophene rings is 1. The van der Waals surface area contributed by atoms with E-state index in [0.717, 1.165) is 5.56 Å². The van der Waals surface area contributed by atoms with E-state index in [0.29, 0.717) is 28.7 Å². The van der Waals surface area contributed by atoms with Gasteiger partial charge in [0.2, 0.25) is 0 Å². The van der Waals surface area contributed by atoms with Gasteiger partial charge in [0.1, 0.15) is 18.2 Å². The van der Waals surface area contributed by atoms with E-state index in [1.54, 1.807) is 35.3 Å². The zero-order chi connectivity index (χ0) is 17.6. The molecule has 5 nitrogen and oxygen atoms in total. The molecule has 0 unspecified atom stereocenters. The molecule has 1 N–H and O–H groups in total. The maximum Gasteiger partial charge on any atom is 0.261 e. The largest absolute Gasteiger partial charge is 0.489 e. The Bertz CT molecular complexity index is 865. The summed E-state index contributed by atoms with van der Waals surface area (Å²) in [5.41, 5.74) is 0.860. The fourth-order valence-electron chi connectivity index (χ4n) is 2.13. The molecule has 0 saturated carbocycles. The Balaban J connectivity index is 1.47. The van der Waals surface area contributed by atoms with Gasteiger partial charge in [-0.3, -0.25) is 9.48 Å². The summed E-state index contributed by atoms with van der Waals surface area (Å²) in [5.74, 6) is -0.0447. The van der Waals surface area contributed by atoms with E-state index in [4.69, 9.17) is 16.3 Å². The number of benzene rings is 1. The van der Waals surface area contributed by atoms with Crippen molar-refractivity contribution in [2.24, 2.45) is 0 Å². The Morgan fingerprint density at radius 1 is 1.40 bits per heavy atom. The number of nitrogens with zero attached hydrogens (tertiary/aromatic N) is 2. The number of nitrogens with one attached hydrogen (secondary N) is 1. The number of rotatable bonds is 7. The first-order valence-electron chi connectivity index (χ1n) is 7.52. The normalized spacial score (nSPS) is 10.6. The molecule has 0 aliphatic rings. The van der Waals surface area contributed by atoms with Gasteiger partial charge in [0, 0.05) is 24.4 Å². The SMILES string of the molecule is O=C(NCCn1cc(Cl)cn1)c1cc(COc2cccc(F)c2)cs1. The molecule has 3 rings (SSSR count). The lowest BCUT2D eigenvalue weighted by molar-refractivity contribution is 0.0956. The average molecular weight is 380 g/mol. The second-order valence-electron chi connectivity index (χ2n) is 5.24. The van der Waals surface area contributed by atoms with Crippen molar-refractivity contribution in [3.05, 3.63) is 69.4 Å². The van der Waals surface area contributed by atoms with E-state index in [1.165, 1.54) is 23.5 Å². The van der Waals surface area contributed by atoms with Crippen LogP contribution < -0.4 is 10.1 Å².